The Bertz CT molecular complexity index is 1380. The third-order valence-corrected chi connectivity index (χ3v) is 8.26. The van der Waals surface area contributed by atoms with Gasteiger partial charge in [0.15, 0.2) is 0 Å². The van der Waals surface area contributed by atoms with Gasteiger partial charge in [-0.1, -0.05) is 29.8 Å². The Morgan fingerprint density at radius 2 is 1.76 bits per heavy atom. The molecule has 7 nitrogen and oxygen atoms in total. The zero-order chi connectivity index (χ0) is 29.0. The number of morpholine rings is 1. The van der Waals surface area contributed by atoms with E-state index in [4.69, 9.17) is 16.3 Å². The summed E-state index contributed by atoms with van der Waals surface area (Å²) in [6, 6.07) is 14.7. The van der Waals surface area contributed by atoms with E-state index in [0.29, 0.717) is 44.3 Å². The van der Waals surface area contributed by atoms with E-state index in [-0.39, 0.29) is 24.7 Å². The average Bonchev–Trinajstić information content (AvgIpc) is 3.66. The number of carbonyl (C=O) groups excluding carboxylic acids is 2. The van der Waals surface area contributed by atoms with E-state index in [9.17, 15) is 22.8 Å². The fourth-order valence-electron chi connectivity index (χ4n) is 4.84. The molecule has 12 heteroatoms. The predicted molar refractivity (Wildman–Crippen MR) is 151 cm³/mol. The van der Waals surface area contributed by atoms with Gasteiger partial charge in [0.25, 0.3) is 11.8 Å². The largest absolute Gasteiger partial charge is 0.416 e. The second kappa shape index (κ2) is 12.7. The van der Waals surface area contributed by atoms with Gasteiger partial charge in [-0.15, -0.1) is 11.3 Å². The SMILES string of the molecule is O=C(c1ccc(C(F)(F)F)cc1)N(CCN1CCOCC1)CC(=O)N1N=C(c2cccs2)C[C@@H]1c1ccc(Cl)cc1. The molecular weight excluding hydrogens is 577 g/mol. The van der Waals surface area contributed by atoms with Gasteiger partial charge in [-0.05, 0) is 53.4 Å². The number of alkyl halides is 3. The number of thiophene rings is 1. The third-order valence-electron chi connectivity index (χ3n) is 7.09. The highest BCUT2D eigenvalue weighted by atomic mass is 35.5. The lowest BCUT2D eigenvalue weighted by Crippen LogP contribution is -2.46. The maximum Gasteiger partial charge on any atom is 0.416 e. The van der Waals surface area contributed by atoms with Crippen molar-refractivity contribution in [1.29, 1.82) is 0 Å². The summed E-state index contributed by atoms with van der Waals surface area (Å²) in [5, 5.41) is 8.60. The van der Waals surface area contributed by atoms with Crippen LogP contribution in [-0.4, -0.2) is 78.3 Å². The minimum atomic E-state index is -4.52. The van der Waals surface area contributed by atoms with E-state index in [1.54, 1.807) is 12.1 Å². The fourth-order valence-corrected chi connectivity index (χ4v) is 5.68. The van der Waals surface area contributed by atoms with E-state index >= 15 is 0 Å². The van der Waals surface area contributed by atoms with Crippen LogP contribution in [0.3, 0.4) is 0 Å². The van der Waals surface area contributed by atoms with Gasteiger partial charge in [0.2, 0.25) is 0 Å². The summed E-state index contributed by atoms with van der Waals surface area (Å²) in [6.07, 6.45) is -4.02. The molecule has 0 saturated carbocycles. The Morgan fingerprint density at radius 3 is 2.39 bits per heavy atom. The van der Waals surface area contributed by atoms with Crippen LogP contribution in [0.2, 0.25) is 5.02 Å². The van der Waals surface area contributed by atoms with Crippen molar-refractivity contribution in [2.75, 3.05) is 45.9 Å². The summed E-state index contributed by atoms with van der Waals surface area (Å²) < 4.78 is 44.7. The second-order valence-electron chi connectivity index (χ2n) is 9.79. The van der Waals surface area contributed by atoms with E-state index in [0.717, 1.165) is 40.4 Å². The maximum absolute atomic E-state index is 13.8. The van der Waals surface area contributed by atoms with E-state index in [2.05, 4.69) is 10.0 Å². The van der Waals surface area contributed by atoms with Gasteiger partial charge in [-0.25, -0.2) is 5.01 Å². The van der Waals surface area contributed by atoms with Crippen molar-refractivity contribution in [2.45, 2.75) is 18.6 Å². The van der Waals surface area contributed by atoms with Crippen LogP contribution in [0, 0.1) is 0 Å². The lowest BCUT2D eigenvalue weighted by molar-refractivity contribution is -0.137. The van der Waals surface area contributed by atoms with Crippen LogP contribution in [0.25, 0.3) is 0 Å². The maximum atomic E-state index is 13.8. The van der Waals surface area contributed by atoms with Crippen LogP contribution in [-0.2, 0) is 15.7 Å². The Balaban J connectivity index is 1.39. The topological polar surface area (TPSA) is 65.5 Å². The van der Waals surface area contributed by atoms with E-state index in [1.165, 1.54) is 21.2 Å². The molecule has 2 aliphatic heterocycles. The van der Waals surface area contributed by atoms with Gasteiger partial charge in [-0.3, -0.25) is 14.5 Å². The number of rotatable bonds is 8. The van der Waals surface area contributed by atoms with Crippen molar-refractivity contribution in [3.8, 4) is 0 Å². The zero-order valence-electron chi connectivity index (χ0n) is 22.0. The highest BCUT2D eigenvalue weighted by Gasteiger charge is 2.35. The zero-order valence-corrected chi connectivity index (χ0v) is 23.6. The number of benzene rings is 2. The number of amides is 2. The number of ether oxygens (including phenoxy) is 1. The Kier molecular flexibility index (Phi) is 9.08. The summed E-state index contributed by atoms with van der Waals surface area (Å²) in [5.41, 5.74) is 0.851. The van der Waals surface area contributed by atoms with Crippen molar-refractivity contribution in [2.24, 2.45) is 5.10 Å². The molecule has 216 valence electrons. The first-order valence-corrected chi connectivity index (χ1v) is 14.4. The molecule has 2 aromatic carbocycles. The van der Waals surface area contributed by atoms with Gasteiger partial charge in [-0.2, -0.15) is 18.3 Å². The number of hydrogen-bond acceptors (Lipinski definition) is 6. The summed E-state index contributed by atoms with van der Waals surface area (Å²) in [5.74, 6) is -0.913. The standard InChI is InChI=1S/C29H28ClF3N4O3S/c30-23-9-5-20(6-10-23)25-18-24(26-2-1-17-41-26)34-37(25)27(38)19-36(12-11-35-13-15-40-16-14-35)28(39)21-3-7-22(8-4-21)29(31,32)33/h1-10,17,25H,11-16,18-19H2/t25-/m1/s1. The fraction of sp³-hybridized carbons (Fsp3) is 0.345. The second-order valence-corrected chi connectivity index (χ2v) is 11.2. The lowest BCUT2D eigenvalue weighted by Gasteiger charge is -2.31. The lowest BCUT2D eigenvalue weighted by atomic mass is 10.0. The van der Waals surface area contributed by atoms with Gasteiger partial charge in [0.05, 0.1) is 35.4 Å². The first-order valence-electron chi connectivity index (χ1n) is 13.1. The Morgan fingerprint density at radius 1 is 1.05 bits per heavy atom. The molecule has 1 atom stereocenters. The van der Waals surface area contributed by atoms with E-state index < -0.39 is 23.6 Å². The predicted octanol–water partition coefficient (Wildman–Crippen LogP) is 5.57. The number of carbonyl (C=O) groups is 2. The average molecular weight is 605 g/mol. The summed E-state index contributed by atoms with van der Waals surface area (Å²) in [7, 11) is 0. The van der Waals surface area contributed by atoms with Crippen molar-refractivity contribution in [3.63, 3.8) is 0 Å². The van der Waals surface area contributed by atoms with Crippen LogP contribution >= 0.6 is 22.9 Å². The number of hydrogen-bond donors (Lipinski definition) is 0. The third kappa shape index (κ3) is 7.16. The monoisotopic (exact) mass is 604 g/mol. The molecule has 2 aliphatic rings. The van der Waals surface area contributed by atoms with Crippen molar-refractivity contribution in [1.82, 2.24) is 14.8 Å². The Labute approximate surface area is 244 Å². The minimum Gasteiger partial charge on any atom is -0.379 e. The molecule has 0 unspecified atom stereocenters. The highest BCUT2D eigenvalue weighted by molar-refractivity contribution is 7.12. The summed E-state index contributed by atoms with van der Waals surface area (Å²) in [6.45, 7) is 2.95. The first kappa shape index (κ1) is 29.2. The molecule has 0 N–H and O–H groups in total. The molecule has 0 bridgehead atoms. The molecule has 3 aromatic rings. The number of halogens is 4. The van der Waals surface area contributed by atoms with Gasteiger partial charge in [0.1, 0.15) is 6.54 Å². The van der Waals surface area contributed by atoms with Crippen LogP contribution in [0.4, 0.5) is 13.2 Å². The van der Waals surface area contributed by atoms with E-state index in [1.807, 2.05) is 29.6 Å². The molecule has 41 heavy (non-hydrogen) atoms. The van der Waals surface area contributed by atoms with Crippen molar-refractivity contribution in [3.05, 3.63) is 92.6 Å². The molecule has 3 heterocycles. The Hall–Kier alpha value is -3.25. The molecule has 1 aromatic heterocycles. The molecular formula is C29H28ClF3N4O3S. The minimum absolute atomic E-state index is 0.0752. The molecule has 1 saturated heterocycles. The molecule has 0 spiro atoms. The van der Waals surface area contributed by atoms with Gasteiger partial charge in [0, 0.05) is 43.2 Å². The normalized spacial score (nSPS) is 17.9. The van der Waals surface area contributed by atoms with Crippen LogP contribution in [0.15, 0.2) is 71.1 Å². The molecule has 1 fully saturated rings. The number of hydrazone groups is 1. The van der Waals surface area contributed by atoms with Crippen LogP contribution < -0.4 is 0 Å². The summed E-state index contributed by atoms with van der Waals surface area (Å²) >= 11 is 7.62. The molecule has 0 radical (unpaired) electrons. The first-order chi connectivity index (χ1) is 19.7. The van der Waals surface area contributed by atoms with Gasteiger partial charge < -0.3 is 9.64 Å². The van der Waals surface area contributed by atoms with Crippen molar-refractivity contribution >= 4 is 40.5 Å². The molecule has 5 rings (SSSR count). The highest BCUT2D eigenvalue weighted by Crippen LogP contribution is 2.34. The molecule has 0 aliphatic carbocycles. The van der Waals surface area contributed by atoms with Crippen molar-refractivity contribution < 1.29 is 27.5 Å². The summed E-state index contributed by atoms with van der Waals surface area (Å²) in [4.78, 5) is 31.8. The smallest absolute Gasteiger partial charge is 0.379 e. The number of nitrogens with zero attached hydrogens (tertiary/aromatic N) is 4. The van der Waals surface area contributed by atoms with Crippen LogP contribution in [0.1, 0.15) is 38.8 Å². The van der Waals surface area contributed by atoms with Gasteiger partial charge >= 0.3 is 6.18 Å². The van der Waals surface area contributed by atoms with Crippen LogP contribution in [0.5, 0.6) is 0 Å². The quantitative estimate of drug-likeness (QED) is 0.337. The molecule has 2 amide bonds.